The van der Waals surface area contributed by atoms with E-state index in [0.29, 0.717) is 27.9 Å². The first kappa shape index (κ1) is 18.0. The zero-order valence-electron chi connectivity index (χ0n) is 13.8. The first-order valence-corrected chi connectivity index (χ1v) is 9.14. The normalized spacial score (nSPS) is 20.6. The number of carbonyl (C=O) groups is 2. The standard InChI is InChI=1S/C17H18FN3O2S2/c1-19-6-8-20(9-7-19)15(22)11-21-16(23)14(25-17(21)24)10-12-4-2-3-5-13(12)18/h2-5,10H,6-9,11H2,1H3. The highest BCUT2D eigenvalue weighted by Crippen LogP contribution is 2.32. The van der Waals surface area contributed by atoms with Crippen LogP contribution in [0.1, 0.15) is 5.56 Å². The second kappa shape index (κ2) is 7.63. The Hall–Kier alpha value is -1.77. The van der Waals surface area contributed by atoms with Crippen LogP contribution in [-0.2, 0) is 9.59 Å². The van der Waals surface area contributed by atoms with Gasteiger partial charge in [0.1, 0.15) is 16.7 Å². The van der Waals surface area contributed by atoms with Crippen molar-refractivity contribution in [1.29, 1.82) is 0 Å². The van der Waals surface area contributed by atoms with Crippen molar-refractivity contribution in [2.45, 2.75) is 0 Å². The SMILES string of the molecule is CN1CCN(C(=O)CN2C(=O)C(=Cc3ccccc3F)SC2=S)CC1. The van der Waals surface area contributed by atoms with Gasteiger partial charge in [0.2, 0.25) is 5.91 Å². The van der Waals surface area contributed by atoms with Crippen LogP contribution in [-0.4, -0.2) is 70.6 Å². The van der Waals surface area contributed by atoms with Gasteiger partial charge in [0.05, 0.1) is 4.91 Å². The first-order chi connectivity index (χ1) is 12.0. The van der Waals surface area contributed by atoms with Gasteiger partial charge < -0.3 is 9.80 Å². The molecule has 1 aromatic rings. The van der Waals surface area contributed by atoms with Crippen LogP contribution in [0.3, 0.4) is 0 Å². The second-order valence-corrected chi connectivity index (χ2v) is 7.65. The molecule has 132 valence electrons. The van der Waals surface area contributed by atoms with E-state index >= 15 is 0 Å². The number of halogens is 1. The van der Waals surface area contributed by atoms with Gasteiger partial charge in [-0.05, 0) is 19.2 Å². The Labute approximate surface area is 155 Å². The van der Waals surface area contributed by atoms with E-state index in [1.54, 1.807) is 23.1 Å². The number of thiocarbonyl (C=S) groups is 1. The lowest BCUT2D eigenvalue weighted by atomic mass is 10.2. The molecule has 0 unspecified atom stereocenters. The van der Waals surface area contributed by atoms with Crippen LogP contribution in [0.5, 0.6) is 0 Å². The molecule has 0 atom stereocenters. The van der Waals surface area contributed by atoms with Gasteiger partial charge in [-0.2, -0.15) is 0 Å². The third-order valence-electron chi connectivity index (χ3n) is 4.21. The van der Waals surface area contributed by atoms with Gasteiger partial charge in [-0.15, -0.1) is 0 Å². The maximum absolute atomic E-state index is 13.8. The maximum atomic E-state index is 13.8. The highest BCUT2D eigenvalue weighted by Gasteiger charge is 2.34. The fourth-order valence-electron chi connectivity index (χ4n) is 2.66. The summed E-state index contributed by atoms with van der Waals surface area (Å²) < 4.78 is 14.1. The monoisotopic (exact) mass is 379 g/mol. The summed E-state index contributed by atoms with van der Waals surface area (Å²) in [5.41, 5.74) is 0.327. The summed E-state index contributed by atoms with van der Waals surface area (Å²) in [6.07, 6.45) is 1.48. The van der Waals surface area contributed by atoms with Crippen LogP contribution in [0.4, 0.5) is 4.39 Å². The molecule has 0 aliphatic carbocycles. The molecule has 0 N–H and O–H groups in total. The molecule has 0 bridgehead atoms. The van der Waals surface area contributed by atoms with E-state index in [9.17, 15) is 14.0 Å². The van der Waals surface area contributed by atoms with Crippen LogP contribution in [0.15, 0.2) is 29.2 Å². The molecule has 1 aromatic carbocycles. The number of piperazine rings is 1. The molecule has 8 heteroatoms. The molecule has 2 saturated heterocycles. The van der Waals surface area contributed by atoms with Crippen LogP contribution in [0, 0.1) is 5.82 Å². The summed E-state index contributed by atoms with van der Waals surface area (Å²) in [4.78, 5) is 30.5. The molecular formula is C17H18FN3O2S2. The van der Waals surface area contributed by atoms with Crippen molar-refractivity contribution in [1.82, 2.24) is 14.7 Å². The lowest BCUT2D eigenvalue weighted by molar-refractivity contribution is -0.136. The number of carbonyl (C=O) groups excluding carboxylic acids is 2. The smallest absolute Gasteiger partial charge is 0.266 e. The van der Waals surface area contributed by atoms with Crippen molar-refractivity contribution in [3.63, 3.8) is 0 Å². The summed E-state index contributed by atoms with van der Waals surface area (Å²) in [5.74, 6) is -0.862. The van der Waals surface area contributed by atoms with E-state index in [1.165, 1.54) is 17.0 Å². The molecule has 5 nitrogen and oxygen atoms in total. The molecule has 2 aliphatic rings. The molecule has 0 radical (unpaired) electrons. The van der Waals surface area contributed by atoms with Crippen molar-refractivity contribution >= 4 is 46.2 Å². The van der Waals surface area contributed by atoms with Crippen LogP contribution < -0.4 is 0 Å². The van der Waals surface area contributed by atoms with Gasteiger partial charge in [-0.25, -0.2) is 4.39 Å². The number of benzene rings is 1. The van der Waals surface area contributed by atoms with E-state index in [0.717, 1.165) is 24.9 Å². The summed E-state index contributed by atoms with van der Waals surface area (Å²) in [6, 6.07) is 6.22. The van der Waals surface area contributed by atoms with Gasteiger partial charge in [0.15, 0.2) is 0 Å². The van der Waals surface area contributed by atoms with E-state index in [1.807, 2.05) is 7.05 Å². The van der Waals surface area contributed by atoms with Gasteiger partial charge >= 0.3 is 0 Å². The molecular weight excluding hydrogens is 361 g/mol. The number of rotatable bonds is 3. The first-order valence-electron chi connectivity index (χ1n) is 7.92. The fraction of sp³-hybridized carbons (Fsp3) is 0.353. The van der Waals surface area contributed by atoms with Gasteiger partial charge in [0, 0.05) is 31.7 Å². The lowest BCUT2D eigenvalue weighted by Gasteiger charge is -2.33. The molecule has 3 rings (SSSR count). The second-order valence-electron chi connectivity index (χ2n) is 5.97. The average Bonchev–Trinajstić information content (AvgIpc) is 2.85. The summed E-state index contributed by atoms with van der Waals surface area (Å²) in [6.45, 7) is 2.86. The zero-order chi connectivity index (χ0) is 18.0. The van der Waals surface area contributed by atoms with Crippen molar-refractivity contribution in [3.8, 4) is 0 Å². The Morgan fingerprint density at radius 1 is 1.28 bits per heavy atom. The van der Waals surface area contributed by atoms with Crippen molar-refractivity contribution in [3.05, 3.63) is 40.6 Å². The predicted octanol–water partition coefficient (Wildman–Crippen LogP) is 1.80. The van der Waals surface area contributed by atoms with E-state index < -0.39 is 5.82 Å². The topological polar surface area (TPSA) is 43.9 Å². The maximum Gasteiger partial charge on any atom is 0.266 e. The van der Waals surface area contributed by atoms with E-state index in [2.05, 4.69) is 4.90 Å². The number of thioether (sulfide) groups is 1. The lowest BCUT2D eigenvalue weighted by Crippen LogP contribution is -2.50. The molecule has 2 fully saturated rings. The van der Waals surface area contributed by atoms with Crippen molar-refractivity contribution in [2.24, 2.45) is 0 Å². The molecule has 0 spiro atoms. The molecule has 2 aliphatic heterocycles. The molecule has 25 heavy (non-hydrogen) atoms. The zero-order valence-corrected chi connectivity index (χ0v) is 15.4. The number of likely N-dealkylation sites (N-methyl/N-ethyl adjacent to an activating group) is 1. The van der Waals surface area contributed by atoms with Gasteiger partial charge in [-0.3, -0.25) is 14.5 Å². The highest BCUT2D eigenvalue weighted by atomic mass is 32.2. The van der Waals surface area contributed by atoms with Crippen LogP contribution in [0.2, 0.25) is 0 Å². The Bertz CT molecular complexity index is 745. The minimum absolute atomic E-state index is 0.0665. The van der Waals surface area contributed by atoms with Crippen LogP contribution >= 0.6 is 24.0 Å². The average molecular weight is 379 g/mol. The largest absolute Gasteiger partial charge is 0.339 e. The number of hydrogen-bond donors (Lipinski definition) is 0. The molecule has 0 aromatic heterocycles. The number of hydrogen-bond acceptors (Lipinski definition) is 5. The Kier molecular flexibility index (Phi) is 5.51. The van der Waals surface area contributed by atoms with Gasteiger partial charge in [-0.1, -0.05) is 42.2 Å². The quantitative estimate of drug-likeness (QED) is 0.592. The Morgan fingerprint density at radius 3 is 2.64 bits per heavy atom. The molecule has 2 heterocycles. The summed E-state index contributed by atoms with van der Waals surface area (Å²) >= 11 is 6.33. The predicted molar refractivity (Wildman–Crippen MR) is 100 cm³/mol. The highest BCUT2D eigenvalue weighted by molar-refractivity contribution is 8.26. The number of nitrogens with zero attached hydrogens (tertiary/aromatic N) is 3. The fourth-order valence-corrected chi connectivity index (χ4v) is 3.91. The third kappa shape index (κ3) is 4.08. The number of amides is 2. The minimum Gasteiger partial charge on any atom is -0.339 e. The Morgan fingerprint density at radius 2 is 1.96 bits per heavy atom. The summed E-state index contributed by atoms with van der Waals surface area (Å²) in [5, 5.41) is 0. The Balaban J connectivity index is 1.69. The molecule has 0 saturated carbocycles. The van der Waals surface area contributed by atoms with Crippen LogP contribution in [0.25, 0.3) is 6.08 Å². The summed E-state index contributed by atoms with van der Waals surface area (Å²) in [7, 11) is 2.01. The van der Waals surface area contributed by atoms with Crippen molar-refractivity contribution < 1.29 is 14.0 Å². The molecule has 2 amide bonds. The minimum atomic E-state index is -0.402. The van der Waals surface area contributed by atoms with Crippen molar-refractivity contribution in [2.75, 3.05) is 39.8 Å². The third-order valence-corrected chi connectivity index (χ3v) is 5.59. The van der Waals surface area contributed by atoms with Gasteiger partial charge in [0.25, 0.3) is 5.91 Å². The van der Waals surface area contributed by atoms with E-state index in [4.69, 9.17) is 12.2 Å². The van der Waals surface area contributed by atoms with E-state index in [-0.39, 0.29) is 18.4 Å².